The van der Waals surface area contributed by atoms with Crippen LogP contribution in [0.5, 0.6) is 0 Å². The van der Waals surface area contributed by atoms with Crippen LogP contribution in [0, 0.1) is 0 Å². The van der Waals surface area contributed by atoms with Gasteiger partial charge in [0.05, 0.1) is 11.4 Å². The summed E-state index contributed by atoms with van der Waals surface area (Å²) in [6.45, 7) is 3.21. The molecule has 5 nitrogen and oxygen atoms in total. The van der Waals surface area contributed by atoms with E-state index in [0.29, 0.717) is 0 Å². The largest absolute Gasteiger partial charge is 0.342 e. The van der Waals surface area contributed by atoms with E-state index in [4.69, 9.17) is 0 Å². The van der Waals surface area contributed by atoms with Gasteiger partial charge in [0.15, 0.2) is 0 Å². The Morgan fingerprint density at radius 3 is 2.68 bits per heavy atom. The van der Waals surface area contributed by atoms with Crippen molar-refractivity contribution in [3.8, 4) is 0 Å². The zero-order chi connectivity index (χ0) is 14.7. The van der Waals surface area contributed by atoms with E-state index in [0.717, 1.165) is 43.9 Å². The van der Waals surface area contributed by atoms with E-state index in [2.05, 4.69) is 10.6 Å². The minimum Gasteiger partial charge on any atom is -0.342 e. The maximum absolute atomic E-state index is 12.2. The van der Waals surface area contributed by atoms with Crippen LogP contribution < -0.4 is 10.6 Å². The molecule has 1 aromatic rings. The third kappa shape index (κ3) is 4.00. The van der Waals surface area contributed by atoms with E-state index in [9.17, 15) is 9.59 Å². The molecule has 1 aliphatic heterocycles. The maximum atomic E-state index is 12.2. The quantitative estimate of drug-likeness (QED) is 0.867. The molecule has 3 rings (SSSR count). The van der Waals surface area contributed by atoms with Gasteiger partial charge in [-0.15, -0.1) is 23.7 Å². The summed E-state index contributed by atoms with van der Waals surface area (Å²) in [4.78, 5) is 28.1. The number of carbonyl (C=O) groups excluding carboxylic acids is 2. The summed E-state index contributed by atoms with van der Waals surface area (Å²) < 4.78 is 0. The van der Waals surface area contributed by atoms with Gasteiger partial charge in [0.25, 0.3) is 5.91 Å². The minimum atomic E-state index is -0.113. The van der Waals surface area contributed by atoms with Crippen LogP contribution in [0.15, 0.2) is 6.07 Å². The molecule has 7 heteroatoms. The van der Waals surface area contributed by atoms with Gasteiger partial charge in [-0.3, -0.25) is 9.59 Å². The van der Waals surface area contributed by atoms with E-state index in [1.54, 1.807) is 16.2 Å². The zero-order valence-electron chi connectivity index (χ0n) is 12.5. The first-order valence-corrected chi connectivity index (χ1v) is 8.44. The Morgan fingerprint density at radius 2 is 1.95 bits per heavy atom. The normalized spacial score (nSPS) is 17.4. The Morgan fingerprint density at radius 1 is 1.23 bits per heavy atom. The van der Waals surface area contributed by atoms with Crippen LogP contribution in [0.2, 0.25) is 0 Å². The fourth-order valence-electron chi connectivity index (χ4n) is 2.87. The lowest BCUT2D eigenvalue weighted by Crippen LogP contribution is -2.49. The lowest BCUT2D eigenvalue weighted by molar-refractivity contribution is -0.130. The molecular formula is C15H22ClN3O2S. The van der Waals surface area contributed by atoms with Crippen molar-refractivity contribution in [3.63, 3.8) is 0 Å². The van der Waals surface area contributed by atoms with Gasteiger partial charge in [0.2, 0.25) is 5.91 Å². The summed E-state index contributed by atoms with van der Waals surface area (Å²) in [7, 11) is 0. The molecular weight excluding hydrogens is 322 g/mol. The predicted octanol–water partition coefficient (Wildman–Crippen LogP) is 1.21. The second-order valence-electron chi connectivity index (χ2n) is 5.58. The van der Waals surface area contributed by atoms with Crippen LogP contribution >= 0.6 is 23.7 Å². The van der Waals surface area contributed by atoms with Gasteiger partial charge in [0, 0.05) is 31.1 Å². The molecule has 0 saturated carbocycles. The molecule has 22 heavy (non-hydrogen) atoms. The third-order valence-electron chi connectivity index (χ3n) is 4.09. The Labute approximate surface area is 140 Å². The van der Waals surface area contributed by atoms with Crippen LogP contribution in [0.25, 0.3) is 0 Å². The maximum Gasteiger partial charge on any atom is 0.261 e. The Kier molecular flexibility index (Phi) is 6.23. The molecule has 0 spiro atoms. The van der Waals surface area contributed by atoms with Crippen molar-refractivity contribution in [1.29, 1.82) is 0 Å². The molecule has 0 aromatic carbocycles. The molecule has 0 atom stereocenters. The van der Waals surface area contributed by atoms with E-state index in [-0.39, 0.29) is 30.8 Å². The van der Waals surface area contributed by atoms with Gasteiger partial charge in [-0.25, -0.2) is 0 Å². The van der Waals surface area contributed by atoms with E-state index < -0.39 is 0 Å². The van der Waals surface area contributed by atoms with Gasteiger partial charge in [-0.1, -0.05) is 0 Å². The van der Waals surface area contributed by atoms with Crippen LogP contribution in [0.4, 0.5) is 0 Å². The number of piperazine rings is 1. The SMILES string of the molecule is Cl.O=C(NCC(=O)N1CCNCC1)c1cc2c(s1)CCCC2. The van der Waals surface area contributed by atoms with Crippen molar-refractivity contribution < 1.29 is 9.59 Å². The van der Waals surface area contributed by atoms with E-state index >= 15 is 0 Å². The summed E-state index contributed by atoms with van der Waals surface area (Å²) in [5.74, 6) is -0.107. The molecule has 1 fully saturated rings. The van der Waals surface area contributed by atoms with Crippen LogP contribution in [0.1, 0.15) is 33.0 Å². The number of nitrogens with zero attached hydrogens (tertiary/aromatic N) is 1. The lowest BCUT2D eigenvalue weighted by atomic mass is 9.99. The predicted molar refractivity (Wildman–Crippen MR) is 90.0 cm³/mol. The first-order chi connectivity index (χ1) is 10.2. The van der Waals surface area contributed by atoms with Crippen LogP contribution in [-0.2, 0) is 17.6 Å². The fraction of sp³-hybridized carbons (Fsp3) is 0.600. The number of fused-ring (bicyclic) bond motifs is 1. The molecule has 0 unspecified atom stereocenters. The first-order valence-electron chi connectivity index (χ1n) is 7.62. The summed E-state index contributed by atoms with van der Waals surface area (Å²) in [5, 5.41) is 5.97. The van der Waals surface area contributed by atoms with Crippen molar-refractivity contribution in [2.24, 2.45) is 0 Å². The Bertz CT molecular complexity index is 517. The molecule has 1 aromatic heterocycles. The minimum absolute atomic E-state index is 0. The number of hydrogen-bond donors (Lipinski definition) is 2. The average molecular weight is 344 g/mol. The molecule has 2 heterocycles. The second kappa shape index (κ2) is 7.94. The summed E-state index contributed by atoms with van der Waals surface area (Å²) in [6.07, 6.45) is 4.61. The molecule has 1 saturated heterocycles. The summed E-state index contributed by atoms with van der Waals surface area (Å²) in [6, 6.07) is 2.00. The summed E-state index contributed by atoms with van der Waals surface area (Å²) in [5.41, 5.74) is 1.32. The van der Waals surface area contributed by atoms with Gasteiger partial charge in [-0.2, -0.15) is 0 Å². The molecule has 2 aliphatic rings. The number of amides is 2. The van der Waals surface area contributed by atoms with E-state index in [1.807, 2.05) is 6.07 Å². The fourth-order valence-corrected chi connectivity index (χ4v) is 4.04. The molecule has 2 N–H and O–H groups in total. The van der Waals surface area contributed by atoms with Gasteiger partial charge >= 0.3 is 0 Å². The first kappa shape index (κ1) is 17.2. The highest BCUT2D eigenvalue weighted by Gasteiger charge is 2.19. The number of thiophene rings is 1. The van der Waals surface area contributed by atoms with Crippen LogP contribution in [0.3, 0.4) is 0 Å². The molecule has 1 aliphatic carbocycles. The Hall–Kier alpha value is -1.11. The van der Waals surface area contributed by atoms with Crippen molar-refractivity contribution in [2.45, 2.75) is 25.7 Å². The molecule has 0 radical (unpaired) electrons. The second-order valence-corrected chi connectivity index (χ2v) is 6.72. The average Bonchev–Trinajstić information content (AvgIpc) is 2.97. The van der Waals surface area contributed by atoms with Crippen molar-refractivity contribution in [3.05, 3.63) is 21.4 Å². The monoisotopic (exact) mass is 343 g/mol. The van der Waals surface area contributed by atoms with E-state index in [1.165, 1.54) is 23.3 Å². The number of aryl methyl sites for hydroxylation is 2. The topological polar surface area (TPSA) is 61.4 Å². The zero-order valence-corrected chi connectivity index (χ0v) is 14.2. The van der Waals surface area contributed by atoms with Gasteiger partial charge in [-0.05, 0) is 37.3 Å². The van der Waals surface area contributed by atoms with Gasteiger partial charge < -0.3 is 15.5 Å². The third-order valence-corrected chi connectivity index (χ3v) is 5.33. The standard InChI is InChI=1S/C15H21N3O2S.ClH/c19-14(18-7-5-16-6-8-18)10-17-15(20)13-9-11-3-1-2-4-12(11)21-13;/h9,16H,1-8,10H2,(H,17,20);1H. The van der Waals surface area contributed by atoms with Crippen molar-refractivity contribution in [2.75, 3.05) is 32.7 Å². The number of rotatable bonds is 3. The number of nitrogens with one attached hydrogen (secondary N) is 2. The molecule has 0 bridgehead atoms. The highest BCUT2D eigenvalue weighted by molar-refractivity contribution is 7.14. The van der Waals surface area contributed by atoms with Gasteiger partial charge in [0.1, 0.15) is 0 Å². The Balaban J connectivity index is 0.00000176. The highest BCUT2D eigenvalue weighted by Crippen LogP contribution is 2.29. The highest BCUT2D eigenvalue weighted by atomic mass is 35.5. The number of halogens is 1. The summed E-state index contributed by atoms with van der Waals surface area (Å²) >= 11 is 1.58. The van der Waals surface area contributed by atoms with Crippen molar-refractivity contribution in [1.82, 2.24) is 15.5 Å². The molecule has 2 amide bonds. The van der Waals surface area contributed by atoms with Crippen LogP contribution in [-0.4, -0.2) is 49.4 Å². The number of hydrogen-bond acceptors (Lipinski definition) is 4. The number of carbonyl (C=O) groups is 2. The smallest absolute Gasteiger partial charge is 0.261 e. The molecule has 122 valence electrons. The van der Waals surface area contributed by atoms with Crippen molar-refractivity contribution >= 4 is 35.6 Å². The lowest BCUT2D eigenvalue weighted by Gasteiger charge is -2.27.